The fourth-order valence-corrected chi connectivity index (χ4v) is 1.62. The maximum absolute atomic E-state index is 9.21. The van der Waals surface area contributed by atoms with E-state index < -0.39 is 0 Å². The van der Waals surface area contributed by atoms with Crippen molar-refractivity contribution in [2.45, 2.75) is 20.8 Å². The van der Waals surface area contributed by atoms with Gasteiger partial charge in [-0.1, -0.05) is 13.8 Å². The van der Waals surface area contributed by atoms with Crippen molar-refractivity contribution in [3.8, 4) is 11.5 Å². The van der Waals surface area contributed by atoms with Crippen LogP contribution in [0.4, 0.5) is 5.69 Å². The van der Waals surface area contributed by atoms with Crippen LogP contribution >= 0.6 is 0 Å². The number of ether oxygens (including phenoxy) is 2. The summed E-state index contributed by atoms with van der Waals surface area (Å²) in [7, 11) is 0. The Morgan fingerprint density at radius 3 is 2.59 bits per heavy atom. The number of anilines is 1. The molecule has 2 rings (SSSR count). The van der Waals surface area contributed by atoms with Crippen LogP contribution in [0.2, 0.25) is 0 Å². The zero-order valence-electron chi connectivity index (χ0n) is 10.5. The summed E-state index contributed by atoms with van der Waals surface area (Å²) in [5.41, 5.74) is 2.00. The fourth-order valence-electron chi connectivity index (χ4n) is 1.62. The summed E-state index contributed by atoms with van der Waals surface area (Å²) >= 11 is 0. The molecular formula is C13H19NO3. The Morgan fingerprint density at radius 2 is 1.94 bits per heavy atom. The molecule has 0 saturated heterocycles. The molecule has 0 amide bonds. The summed E-state index contributed by atoms with van der Waals surface area (Å²) in [6.45, 7) is 7.22. The summed E-state index contributed by atoms with van der Waals surface area (Å²) in [4.78, 5) is 0. The second-order valence-electron chi connectivity index (χ2n) is 5.20. The highest BCUT2D eigenvalue weighted by atomic mass is 16.7. The van der Waals surface area contributed by atoms with Gasteiger partial charge in [0.25, 0.3) is 0 Å². The van der Waals surface area contributed by atoms with E-state index in [2.05, 4.69) is 5.32 Å². The minimum absolute atomic E-state index is 0.136. The molecule has 1 aromatic carbocycles. The topological polar surface area (TPSA) is 50.7 Å². The number of nitrogens with one attached hydrogen (secondary N) is 1. The molecule has 0 aromatic heterocycles. The van der Waals surface area contributed by atoms with Crippen molar-refractivity contribution in [1.29, 1.82) is 0 Å². The first kappa shape index (κ1) is 12.0. The smallest absolute Gasteiger partial charge is 0.231 e. The Bertz CT molecular complexity index is 415. The van der Waals surface area contributed by atoms with Gasteiger partial charge in [-0.2, -0.15) is 0 Å². The largest absolute Gasteiger partial charge is 0.454 e. The van der Waals surface area contributed by atoms with Gasteiger partial charge < -0.3 is 19.9 Å². The van der Waals surface area contributed by atoms with Crippen LogP contribution in [0.5, 0.6) is 11.5 Å². The molecule has 4 nitrogen and oxygen atoms in total. The minimum Gasteiger partial charge on any atom is -0.454 e. The lowest BCUT2D eigenvalue weighted by atomic mass is 9.95. The maximum Gasteiger partial charge on any atom is 0.231 e. The zero-order chi connectivity index (χ0) is 12.5. The highest BCUT2D eigenvalue weighted by molar-refractivity contribution is 5.60. The van der Waals surface area contributed by atoms with Gasteiger partial charge in [-0.25, -0.2) is 0 Å². The van der Waals surface area contributed by atoms with Crippen LogP contribution in [0.15, 0.2) is 12.1 Å². The first-order chi connectivity index (χ1) is 8.02. The molecule has 17 heavy (non-hydrogen) atoms. The maximum atomic E-state index is 9.21. The molecule has 1 heterocycles. The third kappa shape index (κ3) is 2.64. The van der Waals surface area contributed by atoms with Crippen LogP contribution in [0.3, 0.4) is 0 Å². The lowest BCUT2D eigenvalue weighted by Gasteiger charge is -2.23. The molecule has 0 radical (unpaired) electrons. The van der Waals surface area contributed by atoms with Crippen LogP contribution in [0, 0.1) is 12.3 Å². The highest BCUT2D eigenvalue weighted by Crippen LogP contribution is 2.36. The lowest BCUT2D eigenvalue weighted by molar-refractivity contribution is 0.171. The molecule has 1 aromatic rings. The molecule has 0 atom stereocenters. The van der Waals surface area contributed by atoms with Crippen LogP contribution < -0.4 is 14.8 Å². The summed E-state index contributed by atoms with van der Waals surface area (Å²) in [6, 6.07) is 3.92. The summed E-state index contributed by atoms with van der Waals surface area (Å²) in [5.74, 6) is 1.58. The fraction of sp³-hybridized carbons (Fsp3) is 0.538. The van der Waals surface area contributed by atoms with E-state index in [4.69, 9.17) is 9.47 Å². The van der Waals surface area contributed by atoms with E-state index in [-0.39, 0.29) is 12.0 Å². The van der Waals surface area contributed by atoms with Crippen LogP contribution in [-0.2, 0) is 0 Å². The molecule has 2 N–H and O–H groups in total. The molecule has 0 spiro atoms. The molecule has 0 aliphatic carbocycles. The Morgan fingerprint density at radius 1 is 1.29 bits per heavy atom. The zero-order valence-corrected chi connectivity index (χ0v) is 10.5. The van der Waals surface area contributed by atoms with Gasteiger partial charge in [-0.3, -0.25) is 0 Å². The average Bonchev–Trinajstić information content (AvgIpc) is 2.73. The Labute approximate surface area is 102 Å². The van der Waals surface area contributed by atoms with E-state index in [0.717, 1.165) is 22.7 Å². The van der Waals surface area contributed by atoms with Crippen molar-refractivity contribution in [1.82, 2.24) is 0 Å². The highest BCUT2D eigenvalue weighted by Gasteiger charge is 2.19. The van der Waals surface area contributed by atoms with Gasteiger partial charge in [0.1, 0.15) is 0 Å². The number of benzene rings is 1. The molecule has 1 aliphatic rings. The molecule has 1 aliphatic heterocycles. The van der Waals surface area contributed by atoms with Crippen molar-refractivity contribution < 1.29 is 14.6 Å². The number of aliphatic hydroxyl groups excluding tert-OH is 1. The predicted molar refractivity (Wildman–Crippen MR) is 66.7 cm³/mol. The van der Waals surface area contributed by atoms with Crippen molar-refractivity contribution in [2.24, 2.45) is 5.41 Å². The van der Waals surface area contributed by atoms with Crippen LogP contribution in [-0.4, -0.2) is 25.1 Å². The summed E-state index contributed by atoms with van der Waals surface area (Å²) in [6.07, 6.45) is 0. The van der Waals surface area contributed by atoms with Gasteiger partial charge in [0.2, 0.25) is 6.79 Å². The quantitative estimate of drug-likeness (QED) is 0.842. The van der Waals surface area contributed by atoms with Gasteiger partial charge in [0.15, 0.2) is 11.5 Å². The molecule has 0 unspecified atom stereocenters. The summed E-state index contributed by atoms with van der Waals surface area (Å²) < 4.78 is 10.7. The molecular weight excluding hydrogens is 218 g/mol. The van der Waals surface area contributed by atoms with Gasteiger partial charge in [0.05, 0.1) is 0 Å². The first-order valence-electron chi connectivity index (χ1n) is 5.77. The van der Waals surface area contributed by atoms with Crippen LogP contribution in [0.1, 0.15) is 19.4 Å². The lowest BCUT2D eigenvalue weighted by Crippen LogP contribution is -2.27. The second-order valence-corrected chi connectivity index (χ2v) is 5.20. The van der Waals surface area contributed by atoms with Crippen molar-refractivity contribution in [3.05, 3.63) is 17.7 Å². The molecule has 0 bridgehead atoms. The summed E-state index contributed by atoms with van der Waals surface area (Å²) in [5, 5.41) is 12.5. The number of hydrogen-bond acceptors (Lipinski definition) is 4. The molecule has 4 heteroatoms. The number of aliphatic hydroxyl groups is 1. The Hall–Kier alpha value is -1.42. The van der Waals surface area contributed by atoms with E-state index in [0.29, 0.717) is 13.3 Å². The predicted octanol–water partition coefficient (Wildman–Crippen LogP) is 2.15. The van der Waals surface area contributed by atoms with Gasteiger partial charge >= 0.3 is 0 Å². The van der Waals surface area contributed by atoms with E-state index in [1.807, 2.05) is 32.9 Å². The minimum atomic E-state index is -0.136. The number of fused-ring (bicyclic) bond motifs is 1. The monoisotopic (exact) mass is 237 g/mol. The third-order valence-electron chi connectivity index (χ3n) is 2.91. The average molecular weight is 237 g/mol. The Kier molecular flexibility index (Phi) is 3.15. The first-order valence-corrected chi connectivity index (χ1v) is 5.77. The molecule has 0 saturated carbocycles. The third-order valence-corrected chi connectivity index (χ3v) is 2.91. The second kappa shape index (κ2) is 4.45. The number of aryl methyl sites for hydroxylation is 1. The standard InChI is InChI=1S/C13H19NO3/c1-9-4-11-12(17-8-16-11)5-10(9)14-6-13(2,3)7-15/h4-5,14-15H,6-8H2,1-3H3. The number of hydrogen-bond donors (Lipinski definition) is 2. The van der Waals surface area contributed by atoms with Crippen molar-refractivity contribution in [3.63, 3.8) is 0 Å². The van der Waals surface area contributed by atoms with Crippen molar-refractivity contribution in [2.75, 3.05) is 25.3 Å². The van der Waals surface area contributed by atoms with Gasteiger partial charge in [-0.15, -0.1) is 0 Å². The van der Waals surface area contributed by atoms with Crippen LogP contribution in [0.25, 0.3) is 0 Å². The van der Waals surface area contributed by atoms with E-state index in [1.165, 1.54) is 0 Å². The molecule has 94 valence electrons. The Balaban J connectivity index is 2.11. The van der Waals surface area contributed by atoms with E-state index in [1.54, 1.807) is 0 Å². The normalized spacial score (nSPS) is 13.9. The van der Waals surface area contributed by atoms with Gasteiger partial charge in [-0.05, 0) is 18.6 Å². The van der Waals surface area contributed by atoms with E-state index in [9.17, 15) is 5.11 Å². The van der Waals surface area contributed by atoms with E-state index >= 15 is 0 Å². The SMILES string of the molecule is Cc1cc2c(cc1NCC(C)(C)CO)OCO2. The van der Waals surface area contributed by atoms with Gasteiger partial charge in [0, 0.05) is 30.3 Å². The molecule has 0 fully saturated rings. The van der Waals surface area contributed by atoms with Crippen molar-refractivity contribution >= 4 is 5.69 Å². The number of rotatable bonds is 4.